The van der Waals surface area contributed by atoms with Crippen LogP contribution >= 0.6 is 0 Å². The highest BCUT2D eigenvalue weighted by Crippen LogP contribution is 2.22. The van der Waals surface area contributed by atoms with Crippen LogP contribution in [0.4, 0.5) is 11.4 Å². The zero-order valence-electron chi connectivity index (χ0n) is 11.5. The Morgan fingerprint density at radius 1 is 1.50 bits per heavy atom. The molecule has 0 unspecified atom stereocenters. The van der Waals surface area contributed by atoms with E-state index < -0.39 is 5.97 Å². The summed E-state index contributed by atoms with van der Waals surface area (Å²) in [6.45, 7) is 3.76. The predicted octanol–water partition coefficient (Wildman–Crippen LogP) is 0.772. The molecule has 1 saturated heterocycles. The smallest absolute Gasteiger partial charge is 0.340 e. The van der Waals surface area contributed by atoms with Crippen LogP contribution in [-0.2, 0) is 9.53 Å². The average Bonchev–Trinajstić information content (AvgIpc) is 2.64. The van der Waals surface area contributed by atoms with E-state index in [1.807, 2.05) is 11.0 Å². The maximum atomic E-state index is 11.8. The van der Waals surface area contributed by atoms with Gasteiger partial charge in [-0.25, -0.2) is 4.79 Å². The van der Waals surface area contributed by atoms with Gasteiger partial charge in [-0.3, -0.25) is 4.79 Å². The molecule has 0 aromatic heterocycles. The number of ether oxygens (including phenoxy) is 1. The summed E-state index contributed by atoms with van der Waals surface area (Å²) >= 11 is 0. The van der Waals surface area contributed by atoms with Crippen LogP contribution in [0.15, 0.2) is 18.2 Å². The molecule has 1 aromatic carbocycles. The fourth-order valence-corrected chi connectivity index (χ4v) is 2.15. The van der Waals surface area contributed by atoms with Gasteiger partial charge >= 0.3 is 5.97 Å². The van der Waals surface area contributed by atoms with Crippen LogP contribution in [0.5, 0.6) is 0 Å². The molecule has 20 heavy (non-hydrogen) atoms. The van der Waals surface area contributed by atoms with Gasteiger partial charge in [-0.05, 0) is 31.5 Å². The van der Waals surface area contributed by atoms with E-state index in [9.17, 15) is 9.59 Å². The van der Waals surface area contributed by atoms with Crippen LogP contribution in [0.25, 0.3) is 0 Å². The highest BCUT2D eigenvalue weighted by molar-refractivity contribution is 5.96. The van der Waals surface area contributed by atoms with E-state index in [0.29, 0.717) is 24.4 Å². The quantitative estimate of drug-likeness (QED) is 0.630. The summed E-state index contributed by atoms with van der Waals surface area (Å²) in [5, 5.41) is 2.82. The van der Waals surface area contributed by atoms with E-state index in [2.05, 4.69) is 5.32 Å². The maximum Gasteiger partial charge on any atom is 0.340 e. The number of carbonyl (C=O) groups is 2. The van der Waals surface area contributed by atoms with Gasteiger partial charge in [0, 0.05) is 24.5 Å². The van der Waals surface area contributed by atoms with E-state index in [1.54, 1.807) is 19.1 Å². The SMILES string of the molecule is CCOC(=O)c1cc(N2CCCNC(=O)C2)ccc1N. The first-order valence-electron chi connectivity index (χ1n) is 6.70. The second-order valence-corrected chi connectivity index (χ2v) is 4.62. The first-order valence-corrected chi connectivity index (χ1v) is 6.70. The molecule has 1 fully saturated rings. The predicted molar refractivity (Wildman–Crippen MR) is 76.7 cm³/mol. The van der Waals surface area contributed by atoms with Crippen LogP contribution in [-0.4, -0.2) is 38.1 Å². The van der Waals surface area contributed by atoms with Crippen molar-refractivity contribution in [3.05, 3.63) is 23.8 Å². The van der Waals surface area contributed by atoms with E-state index in [4.69, 9.17) is 10.5 Å². The molecule has 1 amide bonds. The highest BCUT2D eigenvalue weighted by Gasteiger charge is 2.18. The summed E-state index contributed by atoms with van der Waals surface area (Å²) in [7, 11) is 0. The Bertz CT molecular complexity index is 516. The molecule has 0 radical (unpaired) electrons. The Hall–Kier alpha value is -2.24. The van der Waals surface area contributed by atoms with E-state index in [1.165, 1.54) is 0 Å². The molecule has 0 bridgehead atoms. The van der Waals surface area contributed by atoms with Gasteiger partial charge in [0.05, 0.1) is 18.7 Å². The number of amides is 1. The van der Waals surface area contributed by atoms with Crippen molar-refractivity contribution in [1.29, 1.82) is 0 Å². The molecule has 2 rings (SSSR count). The summed E-state index contributed by atoms with van der Waals surface area (Å²) in [4.78, 5) is 25.4. The van der Waals surface area contributed by atoms with Gasteiger partial charge in [-0.15, -0.1) is 0 Å². The van der Waals surface area contributed by atoms with Crippen molar-refractivity contribution in [2.75, 3.05) is 36.9 Å². The molecule has 1 aliphatic rings. The summed E-state index contributed by atoms with van der Waals surface area (Å²) in [6, 6.07) is 5.17. The number of hydrogen-bond acceptors (Lipinski definition) is 5. The Morgan fingerprint density at radius 2 is 2.30 bits per heavy atom. The van der Waals surface area contributed by atoms with E-state index >= 15 is 0 Å². The second kappa shape index (κ2) is 6.27. The molecule has 6 nitrogen and oxygen atoms in total. The van der Waals surface area contributed by atoms with Gasteiger partial charge in [-0.1, -0.05) is 0 Å². The lowest BCUT2D eigenvalue weighted by Gasteiger charge is -2.22. The summed E-state index contributed by atoms with van der Waals surface area (Å²) in [6.07, 6.45) is 0.866. The number of anilines is 2. The van der Waals surface area contributed by atoms with Crippen molar-refractivity contribution < 1.29 is 14.3 Å². The molecular weight excluding hydrogens is 258 g/mol. The largest absolute Gasteiger partial charge is 0.462 e. The number of nitrogen functional groups attached to an aromatic ring is 1. The molecule has 0 aliphatic carbocycles. The number of nitrogens with two attached hydrogens (primary N) is 1. The Labute approximate surface area is 117 Å². The fraction of sp³-hybridized carbons (Fsp3) is 0.429. The van der Waals surface area contributed by atoms with Crippen LogP contribution < -0.4 is 16.0 Å². The molecule has 1 heterocycles. The van der Waals surface area contributed by atoms with Crippen LogP contribution in [0, 0.1) is 0 Å². The maximum absolute atomic E-state index is 11.8. The molecule has 1 aromatic rings. The second-order valence-electron chi connectivity index (χ2n) is 4.62. The zero-order valence-corrected chi connectivity index (χ0v) is 11.5. The van der Waals surface area contributed by atoms with Gasteiger partial charge in [0.1, 0.15) is 0 Å². The third-order valence-electron chi connectivity index (χ3n) is 3.16. The van der Waals surface area contributed by atoms with Crippen molar-refractivity contribution in [2.24, 2.45) is 0 Å². The number of rotatable bonds is 3. The molecule has 0 atom stereocenters. The third-order valence-corrected chi connectivity index (χ3v) is 3.16. The van der Waals surface area contributed by atoms with Gasteiger partial charge < -0.3 is 20.7 Å². The zero-order chi connectivity index (χ0) is 14.5. The number of nitrogens with zero attached hydrogens (tertiary/aromatic N) is 1. The minimum Gasteiger partial charge on any atom is -0.462 e. The molecule has 108 valence electrons. The van der Waals surface area contributed by atoms with Gasteiger partial charge in [-0.2, -0.15) is 0 Å². The van der Waals surface area contributed by atoms with Crippen molar-refractivity contribution in [2.45, 2.75) is 13.3 Å². The lowest BCUT2D eigenvalue weighted by atomic mass is 10.1. The van der Waals surface area contributed by atoms with Crippen LogP contribution in [0.3, 0.4) is 0 Å². The fourth-order valence-electron chi connectivity index (χ4n) is 2.15. The Balaban J connectivity index is 2.25. The van der Waals surface area contributed by atoms with Crippen LogP contribution in [0.2, 0.25) is 0 Å². The molecule has 1 aliphatic heterocycles. The first-order chi connectivity index (χ1) is 9.61. The molecule has 0 spiro atoms. The topological polar surface area (TPSA) is 84.7 Å². The lowest BCUT2D eigenvalue weighted by Crippen LogP contribution is -2.33. The van der Waals surface area contributed by atoms with Crippen molar-refractivity contribution in [3.63, 3.8) is 0 Å². The summed E-state index contributed by atoms with van der Waals surface area (Å²) in [5.74, 6) is -0.455. The normalized spacial score (nSPS) is 15.4. The Morgan fingerprint density at radius 3 is 3.05 bits per heavy atom. The number of hydrogen-bond donors (Lipinski definition) is 2. The third kappa shape index (κ3) is 3.20. The lowest BCUT2D eigenvalue weighted by molar-refractivity contribution is -0.119. The molecule has 6 heteroatoms. The van der Waals surface area contributed by atoms with Crippen molar-refractivity contribution in [1.82, 2.24) is 5.32 Å². The Kier molecular flexibility index (Phi) is 4.45. The van der Waals surface area contributed by atoms with Crippen molar-refractivity contribution >= 4 is 23.3 Å². The number of carbonyl (C=O) groups excluding carboxylic acids is 2. The minimum absolute atomic E-state index is 0.0167. The molecule has 3 N–H and O–H groups in total. The summed E-state index contributed by atoms with van der Waals surface area (Å²) < 4.78 is 4.98. The summed E-state index contributed by atoms with van der Waals surface area (Å²) in [5.41, 5.74) is 7.34. The van der Waals surface area contributed by atoms with Gasteiger partial charge in [0.25, 0.3) is 0 Å². The average molecular weight is 277 g/mol. The molecular formula is C14H19N3O3. The monoisotopic (exact) mass is 277 g/mol. The van der Waals surface area contributed by atoms with Crippen LogP contribution in [0.1, 0.15) is 23.7 Å². The standard InChI is InChI=1S/C14H19N3O3/c1-2-20-14(19)11-8-10(4-5-12(11)15)17-7-3-6-16-13(18)9-17/h4-5,8H,2-3,6-7,9,15H2,1H3,(H,16,18). The minimum atomic E-state index is -0.439. The van der Waals surface area contributed by atoms with E-state index in [0.717, 1.165) is 18.7 Å². The number of esters is 1. The number of nitrogens with one attached hydrogen (secondary N) is 1. The van der Waals surface area contributed by atoms with Gasteiger partial charge in [0.15, 0.2) is 0 Å². The van der Waals surface area contributed by atoms with Crippen molar-refractivity contribution in [3.8, 4) is 0 Å². The first kappa shape index (κ1) is 14.2. The number of benzene rings is 1. The highest BCUT2D eigenvalue weighted by atomic mass is 16.5. The van der Waals surface area contributed by atoms with E-state index in [-0.39, 0.29) is 12.5 Å². The van der Waals surface area contributed by atoms with Gasteiger partial charge in [0.2, 0.25) is 5.91 Å². The molecule has 0 saturated carbocycles.